The van der Waals surface area contributed by atoms with E-state index in [1.807, 2.05) is 6.92 Å². The number of nitrogens with one attached hydrogen (secondary N) is 1. The van der Waals surface area contributed by atoms with Crippen LogP contribution < -0.4 is 10.2 Å². The number of aliphatic imine (C=N–C) groups is 1. The van der Waals surface area contributed by atoms with E-state index in [0.29, 0.717) is 6.54 Å². The highest BCUT2D eigenvalue weighted by Crippen LogP contribution is 2.49. The lowest BCUT2D eigenvalue weighted by atomic mass is 9.94. The van der Waals surface area contributed by atoms with Crippen molar-refractivity contribution in [3.05, 3.63) is 53.9 Å². The van der Waals surface area contributed by atoms with Gasteiger partial charge >= 0.3 is 6.18 Å². The zero-order valence-corrected chi connectivity index (χ0v) is 17.6. The predicted octanol–water partition coefficient (Wildman–Crippen LogP) is 3.31. The van der Waals surface area contributed by atoms with Crippen molar-refractivity contribution in [3.63, 3.8) is 0 Å². The lowest BCUT2D eigenvalue weighted by Crippen LogP contribution is -2.53. The van der Waals surface area contributed by atoms with E-state index in [1.54, 1.807) is 24.5 Å². The standard InChI is InChI=1S/C22H27F3N6/c1-2-26-19(30-11-13-31(14-12-30)20-27-9-4-10-28-20)29-16-21(7-8-21)17-5-3-6-18(15-17)22(23,24)25/h3-6,9-10,15H,2,7-8,11-14,16H2,1H3,(H,26,29). The average molecular weight is 432 g/mol. The van der Waals surface area contributed by atoms with Crippen LogP contribution in [0.5, 0.6) is 0 Å². The van der Waals surface area contributed by atoms with E-state index in [4.69, 9.17) is 4.99 Å². The fraction of sp³-hybridized carbons (Fsp3) is 0.500. The second-order valence-electron chi connectivity index (χ2n) is 8.05. The summed E-state index contributed by atoms with van der Waals surface area (Å²) < 4.78 is 39.4. The van der Waals surface area contributed by atoms with Gasteiger partial charge in [0.15, 0.2) is 5.96 Å². The Morgan fingerprint density at radius 3 is 2.42 bits per heavy atom. The topological polar surface area (TPSA) is 56.7 Å². The molecule has 1 aromatic carbocycles. The lowest BCUT2D eigenvalue weighted by Gasteiger charge is -2.36. The van der Waals surface area contributed by atoms with Crippen LogP contribution in [0.4, 0.5) is 19.1 Å². The number of hydrogen-bond acceptors (Lipinski definition) is 4. The number of hydrogen-bond donors (Lipinski definition) is 1. The van der Waals surface area contributed by atoms with Gasteiger partial charge in [-0.05, 0) is 37.5 Å². The molecule has 166 valence electrons. The first-order valence-corrected chi connectivity index (χ1v) is 10.6. The van der Waals surface area contributed by atoms with Crippen molar-refractivity contribution in [2.75, 3.05) is 44.2 Å². The Kier molecular flexibility index (Phi) is 6.02. The van der Waals surface area contributed by atoms with E-state index in [2.05, 4.69) is 25.1 Å². The summed E-state index contributed by atoms with van der Waals surface area (Å²) in [6, 6.07) is 7.51. The molecule has 0 bridgehead atoms. The van der Waals surface area contributed by atoms with Gasteiger partial charge in [-0.3, -0.25) is 4.99 Å². The first kappa shape index (κ1) is 21.4. The highest BCUT2D eigenvalue weighted by molar-refractivity contribution is 5.80. The van der Waals surface area contributed by atoms with E-state index >= 15 is 0 Å². The minimum atomic E-state index is -4.33. The van der Waals surface area contributed by atoms with Gasteiger partial charge in [-0.1, -0.05) is 18.2 Å². The number of benzene rings is 1. The Balaban J connectivity index is 1.44. The summed E-state index contributed by atoms with van der Waals surface area (Å²) in [4.78, 5) is 17.8. The Morgan fingerprint density at radius 2 is 1.81 bits per heavy atom. The zero-order chi connectivity index (χ0) is 21.9. The number of nitrogens with zero attached hydrogens (tertiary/aromatic N) is 5. The third-order valence-electron chi connectivity index (χ3n) is 5.94. The molecule has 0 unspecified atom stereocenters. The Morgan fingerprint density at radius 1 is 1.10 bits per heavy atom. The van der Waals surface area contributed by atoms with E-state index < -0.39 is 11.7 Å². The molecule has 0 spiro atoms. The minimum absolute atomic E-state index is 0.290. The van der Waals surface area contributed by atoms with Gasteiger partial charge in [0, 0.05) is 50.5 Å². The van der Waals surface area contributed by atoms with Crippen LogP contribution in [-0.4, -0.2) is 60.1 Å². The van der Waals surface area contributed by atoms with E-state index in [1.165, 1.54) is 12.1 Å². The molecule has 4 rings (SSSR count). The molecule has 1 aliphatic heterocycles. The summed E-state index contributed by atoms with van der Waals surface area (Å²) in [5.41, 5.74) is -0.152. The highest BCUT2D eigenvalue weighted by Gasteiger charge is 2.45. The van der Waals surface area contributed by atoms with Gasteiger partial charge in [0.1, 0.15) is 0 Å². The van der Waals surface area contributed by atoms with Crippen LogP contribution in [-0.2, 0) is 11.6 Å². The van der Waals surface area contributed by atoms with Crippen LogP contribution in [0.25, 0.3) is 0 Å². The Bertz CT molecular complexity index is 903. The van der Waals surface area contributed by atoms with Crippen LogP contribution >= 0.6 is 0 Å². The molecule has 0 atom stereocenters. The first-order valence-electron chi connectivity index (χ1n) is 10.6. The molecule has 1 aromatic heterocycles. The molecule has 2 aliphatic rings. The number of anilines is 1. The van der Waals surface area contributed by atoms with Crippen molar-refractivity contribution < 1.29 is 13.2 Å². The number of halogens is 3. The van der Waals surface area contributed by atoms with Crippen molar-refractivity contribution in [1.82, 2.24) is 20.2 Å². The first-order chi connectivity index (χ1) is 14.9. The van der Waals surface area contributed by atoms with Crippen LogP contribution in [0.2, 0.25) is 0 Å². The summed E-state index contributed by atoms with van der Waals surface area (Å²) >= 11 is 0. The minimum Gasteiger partial charge on any atom is -0.357 e. The summed E-state index contributed by atoms with van der Waals surface area (Å²) in [6.07, 6.45) is 0.866. The molecule has 1 saturated heterocycles. The second kappa shape index (κ2) is 8.72. The van der Waals surface area contributed by atoms with Crippen LogP contribution in [0, 0.1) is 0 Å². The van der Waals surface area contributed by atoms with Crippen LogP contribution in [0.15, 0.2) is 47.7 Å². The fourth-order valence-electron chi connectivity index (χ4n) is 3.94. The van der Waals surface area contributed by atoms with E-state index in [-0.39, 0.29) is 5.41 Å². The quantitative estimate of drug-likeness (QED) is 0.580. The number of aromatic nitrogens is 2. The van der Waals surface area contributed by atoms with Crippen molar-refractivity contribution in [2.24, 2.45) is 4.99 Å². The molecule has 2 aromatic rings. The third-order valence-corrected chi connectivity index (χ3v) is 5.94. The van der Waals surface area contributed by atoms with Crippen LogP contribution in [0.1, 0.15) is 30.9 Å². The summed E-state index contributed by atoms with van der Waals surface area (Å²) in [5, 5.41) is 3.34. The number of alkyl halides is 3. The van der Waals surface area contributed by atoms with Crippen LogP contribution in [0.3, 0.4) is 0 Å². The predicted molar refractivity (Wildman–Crippen MR) is 114 cm³/mol. The summed E-state index contributed by atoms with van der Waals surface area (Å²) in [6.45, 7) is 6.36. The molecule has 1 N–H and O–H groups in total. The Hall–Kier alpha value is -2.84. The maximum Gasteiger partial charge on any atom is 0.416 e. The fourth-order valence-corrected chi connectivity index (χ4v) is 3.94. The molecular formula is C22H27F3N6. The summed E-state index contributed by atoms with van der Waals surface area (Å²) in [7, 11) is 0. The molecule has 0 amide bonds. The van der Waals surface area contributed by atoms with Gasteiger partial charge in [0.05, 0.1) is 12.1 Å². The molecule has 2 fully saturated rings. The normalized spacial score (nSPS) is 18.8. The van der Waals surface area contributed by atoms with Crippen molar-refractivity contribution >= 4 is 11.9 Å². The monoisotopic (exact) mass is 432 g/mol. The maximum absolute atomic E-state index is 13.1. The van der Waals surface area contributed by atoms with Crippen molar-refractivity contribution in [1.29, 1.82) is 0 Å². The molecule has 1 aliphatic carbocycles. The van der Waals surface area contributed by atoms with Crippen molar-refractivity contribution in [2.45, 2.75) is 31.4 Å². The molecule has 31 heavy (non-hydrogen) atoms. The maximum atomic E-state index is 13.1. The third kappa shape index (κ3) is 4.91. The Labute approximate surface area is 180 Å². The number of rotatable bonds is 5. The molecular weight excluding hydrogens is 405 g/mol. The number of piperazine rings is 1. The average Bonchev–Trinajstić information content (AvgIpc) is 3.58. The SMILES string of the molecule is CCNC(=NCC1(c2cccc(C(F)(F)F)c2)CC1)N1CCN(c2ncccn2)CC1. The molecule has 2 heterocycles. The molecule has 0 radical (unpaired) electrons. The highest BCUT2D eigenvalue weighted by atomic mass is 19.4. The molecule has 9 heteroatoms. The smallest absolute Gasteiger partial charge is 0.357 e. The molecule has 6 nitrogen and oxygen atoms in total. The number of guanidine groups is 1. The molecule has 1 saturated carbocycles. The largest absolute Gasteiger partial charge is 0.416 e. The van der Waals surface area contributed by atoms with Gasteiger partial charge in [-0.15, -0.1) is 0 Å². The summed E-state index contributed by atoms with van der Waals surface area (Å²) in [5.74, 6) is 1.54. The van der Waals surface area contributed by atoms with Gasteiger partial charge in [0.2, 0.25) is 5.95 Å². The van der Waals surface area contributed by atoms with Gasteiger partial charge in [-0.2, -0.15) is 13.2 Å². The lowest BCUT2D eigenvalue weighted by molar-refractivity contribution is -0.137. The van der Waals surface area contributed by atoms with E-state index in [0.717, 1.165) is 69.1 Å². The van der Waals surface area contributed by atoms with Crippen molar-refractivity contribution in [3.8, 4) is 0 Å². The van der Waals surface area contributed by atoms with E-state index in [9.17, 15) is 13.2 Å². The van der Waals surface area contributed by atoms with Gasteiger partial charge in [-0.25, -0.2) is 9.97 Å². The van der Waals surface area contributed by atoms with Gasteiger partial charge < -0.3 is 15.1 Å². The van der Waals surface area contributed by atoms with Gasteiger partial charge in [0.25, 0.3) is 0 Å². The zero-order valence-electron chi connectivity index (χ0n) is 17.6. The second-order valence-corrected chi connectivity index (χ2v) is 8.05.